The van der Waals surface area contributed by atoms with Crippen LogP contribution in [0.2, 0.25) is 0 Å². The van der Waals surface area contributed by atoms with Gasteiger partial charge in [-0.2, -0.15) is 0 Å². The van der Waals surface area contributed by atoms with Gasteiger partial charge in [-0.3, -0.25) is 4.90 Å². The number of methoxy groups -OCH3 is 1. The maximum Gasteiger partial charge on any atom is 0.123 e. The van der Waals surface area contributed by atoms with Crippen molar-refractivity contribution >= 4 is 0 Å². The fourth-order valence-corrected chi connectivity index (χ4v) is 2.01. The van der Waals surface area contributed by atoms with E-state index >= 15 is 0 Å². The highest BCUT2D eigenvalue weighted by molar-refractivity contribution is 5.36. The third kappa shape index (κ3) is 2.30. The van der Waals surface area contributed by atoms with Crippen LogP contribution in [0, 0.1) is 6.92 Å². The molecule has 2 N–H and O–H groups in total. The molecule has 0 saturated carbocycles. The van der Waals surface area contributed by atoms with E-state index < -0.39 is 0 Å². The summed E-state index contributed by atoms with van der Waals surface area (Å²) in [5.74, 6) is 0.973. The second kappa shape index (κ2) is 4.21. The van der Waals surface area contributed by atoms with Gasteiger partial charge in [-0.05, 0) is 13.0 Å². The number of hydrogen-bond acceptors (Lipinski definition) is 3. The van der Waals surface area contributed by atoms with Gasteiger partial charge in [-0.15, -0.1) is 0 Å². The first kappa shape index (κ1) is 10.5. The molecule has 0 amide bonds. The van der Waals surface area contributed by atoms with Crippen molar-refractivity contribution < 1.29 is 4.74 Å². The van der Waals surface area contributed by atoms with E-state index in [1.54, 1.807) is 7.11 Å². The van der Waals surface area contributed by atoms with Crippen LogP contribution in [0.1, 0.15) is 11.1 Å². The Bertz CT molecular complexity index is 345. The van der Waals surface area contributed by atoms with Crippen LogP contribution in [0.15, 0.2) is 18.2 Å². The minimum atomic E-state index is 0.362. The van der Waals surface area contributed by atoms with Crippen LogP contribution in [0.25, 0.3) is 0 Å². The molecule has 1 heterocycles. The van der Waals surface area contributed by atoms with Crippen LogP contribution in [-0.4, -0.2) is 31.1 Å². The fourth-order valence-electron chi connectivity index (χ4n) is 2.01. The summed E-state index contributed by atoms with van der Waals surface area (Å²) >= 11 is 0. The standard InChI is InChI=1S/C12H18N2O/c1-9-3-4-12(15-2)10(5-9)6-14-7-11(13)8-14/h3-5,11H,6-8,13H2,1-2H3. The normalized spacial score (nSPS) is 17.5. The molecule has 0 unspecified atom stereocenters. The summed E-state index contributed by atoms with van der Waals surface area (Å²) in [4.78, 5) is 2.34. The Morgan fingerprint density at radius 2 is 2.20 bits per heavy atom. The van der Waals surface area contributed by atoms with E-state index in [1.165, 1.54) is 11.1 Å². The lowest BCUT2D eigenvalue weighted by Crippen LogP contribution is -2.54. The third-order valence-electron chi connectivity index (χ3n) is 2.82. The van der Waals surface area contributed by atoms with Gasteiger partial charge in [-0.25, -0.2) is 0 Å². The molecule has 0 spiro atoms. The van der Waals surface area contributed by atoms with Crippen LogP contribution < -0.4 is 10.5 Å². The number of benzene rings is 1. The SMILES string of the molecule is COc1ccc(C)cc1CN1CC(N)C1. The zero-order chi connectivity index (χ0) is 10.8. The first-order chi connectivity index (χ1) is 7.19. The lowest BCUT2D eigenvalue weighted by atomic mass is 10.1. The number of ether oxygens (including phenoxy) is 1. The Morgan fingerprint density at radius 3 is 2.80 bits per heavy atom. The van der Waals surface area contributed by atoms with E-state index in [-0.39, 0.29) is 0 Å². The number of hydrogen-bond donors (Lipinski definition) is 1. The molecular weight excluding hydrogens is 188 g/mol. The highest BCUT2D eigenvalue weighted by Crippen LogP contribution is 2.22. The Balaban J connectivity index is 2.08. The molecule has 0 bridgehead atoms. The molecule has 0 radical (unpaired) electrons. The van der Waals surface area contributed by atoms with E-state index in [4.69, 9.17) is 10.5 Å². The van der Waals surface area contributed by atoms with Crippen molar-refractivity contribution in [1.82, 2.24) is 4.90 Å². The van der Waals surface area contributed by atoms with Gasteiger partial charge in [0.2, 0.25) is 0 Å². The van der Waals surface area contributed by atoms with Crippen LogP contribution in [-0.2, 0) is 6.54 Å². The number of rotatable bonds is 3. The molecule has 3 heteroatoms. The Labute approximate surface area is 90.8 Å². The van der Waals surface area contributed by atoms with E-state index in [0.717, 1.165) is 25.4 Å². The molecule has 1 aromatic carbocycles. The lowest BCUT2D eigenvalue weighted by Gasteiger charge is -2.37. The predicted molar refractivity (Wildman–Crippen MR) is 61.0 cm³/mol. The molecule has 1 aliphatic rings. The molecule has 3 nitrogen and oxygen atoms in total. The quantitative estimate of drug-likeness (QED) is 0.806. The van der Waals surface area contributed by atoms with Crippen molar-refractivity contribution in [2.24, 2.45) is 5.73 Å². The Kier molecular flexibility index (Phi) is 2.93. The van der Waals surface area contributed by atoms with Gasteiger partial charge in [-0.1, -0.05) is 17.7 Å². The van der Waals surface area contributed by atoms with Crippen LogP contribution in [0.3, 0.4) is 0 Å². The molecule has 1 saturated heterocycles. The number of likely N-dealkylation sites (tertiary alicyclic amines) is 1. The molecule has 0 aliphatic carbocycles. The first-order valence-electron chi connectivity index (χ1n) is 5.30. The maximum atomic E-state index is 5.75. The molecule has 1 aliphatic heterocycles. The van der Waals surface area contributed by atoms with Crippen molar-refractivity contribution in [2.75, 3.05) is 20.2 Å². The summed E-state index contributed by atoms with van der Waals surface area (Å²) in [5, 5.41) is 0. The van der Waals surface area contributed by atoms with Crippen molar-refractivity contribution in [1.29, 1.82) is 0 Å². The predicted octanol–water partition coefficient (Wildman–Crippen LogP) is 1.15. The van der Waals surface area contributed by atoms with Crippen LogP contribution in [0.5, 0.6) is 5.75 Å². The zero-order valence-electron chi connectivity index (χ0n) is 9.36. The number of nitrogens with two attached hydrogens (primary N) is 1. The smallest absolute Gasteiger partial charge is 0.123 e. The largest absolute Gasteiger partial charge is 0.496 e. The van der Waals surface area contributed by atoms with Crippen LogP contribution in [0.4, 0.5) is 0 Å². The number of aryl methyl sites for hydroxylation is 1. The first-order valence-corrected chi connectivity index (χ1v) is 5.30. The summed E-state index contributed by atoms with van der Waals surface area (Å²) < 4.78 is 5.34. The molecule has 0 aromatic heterocycles. The second-order valence-electron chi connectivity index (χ2n) is 4.27. The molecule has 82 valence electrons. The Hall–Kier alpha value is -1.06. The van der Waals surface area contributed by atoms with Crippen molar-refractivity contribution in [3.8, 4) is 5.75 Å². The monoisotopic (exact) mass is 206 g/mol. The van der Waals surface area contributed by atoms with Gasteiger partial charge in [0.25, 0.3) is 0 Å². The third-order valence-corrected chi connectivity index (χ3v) is 2.82. The lowest BCUT2D eigenvalue weighted by molar-refractivity contribution is 0.141. The average Bonchev–Trinajstić information content (AvgIpc) is 2.16. The van der Waals surface area contributed by atoms with Gasteiger partial charge in [0.05, 0.1) is 7.11 Å². The van der Waals surface area contributed by atoms with Gasteiger partial charge >= 0.3 is 0 Å². The molecule has 0 atom stereocenters. The molecule has 15 heavy (non-hydrogen) atoms. The van der Waals surface area contributed by atoms with Crippen molar-refractivity contribution in [3.05, 3.63) is 29.3 Å². The molecule has 1 aromatic rings. The van der Waals surface area contributed by atoms with Crippen LogP contribution >= 0.6 is 0 Å². The minimum absolute atomic E-state index is 0.362. The Morgan fingerprint density at radius 1 is 1.47 bits per heavy atom. The average molecular weight is 206 g/mol. The zero-order valence-corrected chi connectivity index (χ0v) is 9.36. The van der Waals surface area contributed by atoms with Gasteiger partial charge in [0.1, 0.15) is 5.75 Å². The van der Waals surface area contributed by atoms with E-state index in [2.05, 4.69) is 24.0 Å². The summed E-state index contributed by atoms with van der Waals surface area (Å²) in [6.07, 6.45) is 0. The van der Waals surface area contributed by atoms with Gasteiger partial charge < -0.3 is 10.5 Å². The highest BCUT2D eigenvalue weighted by atomic mass is 16.5. The highest BCUT2D eigenvalue weighted by Gasteiger charge is 2.23. The maximum absolute atomic E-state index is 5.75. The molecular formula is C12H18N2O. The number of nitrogens with zero attached hydrogens (tertiary/aromatic N) is 1. The summed E-state index contributed by atoms with van der Waals surface area (Å²) in [6.45, 7) is 5.04. The second-order valence-corrected chi connectivity index (χ2v) is 4.27. The van der Waals surface area contributed by atoms with Gasteiger partial charge in [0.15, 0.2) is 0 Å². The summed E-state index contributed by atoms with van der Waals surface area (Å²) in [6, 6.07) is 6.65. The van der Waals surface area contributed by atoms with Gasteiger partial charge in [0, 0.05) is 31.2 Å². The van der Waals surface area contributed by atoms with Crippen molar-refractivity contribution in [3.63, 3.8) is 0 Å². The summed E-state index contributed by atoms with van der Waals surface area (Å²) in [5.41, 5.74) is 8.28. The van der Waals surface area contributed by atoms with E-state index in [1.807, 2.05) is 6.07 Å². The van der Waals surface area contributed by atoms with Crippen molar-refractivity contribution in [2.45, 2.75) is 19.5 Å². The topological polar surface area (TPSA) is 38.5 Å². The minimum Gasteiger partial charge on any atom is -0.496 e. The fraction of sp³-hybridized carbons (Fsp3) is 0.500. The van der Waals surface area contributed by atoms with E-state index in [0.29, 0.717) is 6.04 Å². The molecule has 2 rings (SSSR count). The molecule has 1 fully saturated rings. The summed E-state index contributed by atoms with van der Waals surface area (Å²) in [7, 11) is 1.72. The van der Waals surface area contributed by atoms with E-state index in [9.17, 15) is 0 Å².